The largest absolute Gasteiger partial charge is 0.479 e. The van der Waals surface area contributed by atoms with Crippen molar-refractivity contribution < 1.29 is 19.4 Å². The first-order valence-corrected chi connectivity index (χ1v) is 6.46. The minimum absolute atomic E-state index is 0.0620. The quantitative estimate of drug-likeness (QED) is 0.668. The Morgan fingerprint density at radius 2 is 2.31 bits per heavy atom. The molecule has 1 saturated heterocycles. The summed E-state index contributed by atoms with van der Waals surface area (Å²) in [6.07, 6.45) is 1.32. The SMILES string of the molecule is CCCOCC(=O)NC1(C(=O)O)CCSC1. The summed E-state index contributed by atoms with van der Waals surface area (Å²) in [7, 11) is 0. The Labute approximate surface area is 98.9 Å². The molecule has 1 amide bonds. The van der Waals surface area contributed by atoms with Crippen molar-refractivity contribution in [2.75, 3.05) is 24.7 Å². The molecule has 0 aromatic rings. The monoisotopic (exact) mass is 247 g/mol. The summed E-state index contributed by atoms with van der Waals surface area (Å²) in [5.74, 6) is -0.107. The molecule has 1 aliphatic rings. The molecule has 5 nitrogen and oxygen atoms in total. The van der Waals surface area contributed by atoms with Crippen LogP contribution in [0.25, 0.3) is 0 Å². The smallest absolute Gasteiger partial charge is 0.330 e. The lowest BCUT2D eigenvalue weighted by molar-refractivity contribution is -0.147. The average Bonchev–Trinajstić information content (AvgIpc) is 2.68. The van der Waals surface area contributed by atoms with Crippen LogP contribution < -0.4 is 5.32 Å². The first kappa shape index (κ1) is 13.3. The Bertz CT molecular complexity index is 264. The molecule has 1 unspecified atom stereocenters. The molecule has 0 aliphatic carbocycles. The first-order chi connectivity index (χ1) is 7.60. The van der Waals surface area contributed by atoms with Gasteiger partial charge in [-0.3, -0.25) is 4.79 Å². The highest BCUT2D eigenvalue weighted by atomic mass is 32.2. The van der Waals surface area contributed by atoms with Crippen molar-refractivity contribution >= 4 is 23.6 Å². The Morgan fingerprint density at radius 1 is 1.56 bits per heavy atom. The number of nitrogens with one attached hydrogen (secondary N) is 1. The maximum atomic E-state index is 11.5. The van der Waals surface area contributed by atoms with Crippen molar-refractivity contribution in [1.29, 1.82) is 0 Å². The summed E-state index contributed by atoms with van der Waals surface area (Å²) in [6, 6.07) is 0. The lowest BCUT2D eigenvalue weighted by Gasteiger charge is -2.24. The molecule has 0 aromatic heterocycles. The number of amides is 1. The molecule has 6 heteroatoms. The molecule has 0 radical (unpaired) electrons. The van der Waals surface area contributed by atoms with Gasteiger partial charge in [-0.1, -0.05) is 6.92 Å². The van der Waals surface area contributed by atoms with Crippen LogP contribution in [-0.2, 0) is 14.3 Å². The highest BCUT2D eigenvalue weighted by Gasteiger charge is 2.43. The van der Waals surface area contributed by atoms with Crippen LogP contribution in [0.4, 0.5) is 0 Å². The highest BCUT2D eigenvalue weighted by Crippen LogP contribution is 2.28. The van der Waals surface area contributed by atoms with E-state index in [-0.39, 0.29) is 12.5 Å². The van der Waals surface area contributed by atoms with E-state index in [1.54, 1.807) is 11.8 Å². The third-order valence-corrected chi connectivity index (χ3v) is 3.58. The highest BCUT2D eigenvalue weighted by molar-refractivity contribution is 7.99. The fourth-order valence-electron chi connectivity index (χ4n) is 1.50. The van der Waals surface area contributed by atoms with Crippen LogP contribution in [-0.4, -0.2) is 47.2 Å². The number of carbonyl (C=O) groups is 2. The maximum absolute atomic E-state index is 11.5. The van der Waals surface area contributed by atoms with E-state index in [2.05, 4.69) is 5.32 Å². The van der Waals surface area contributed by atoms with Crippen LogP contribution in [0.2, 0.25) is 0 Å². The van der Waals surface area contributed by atoms with Crippen molar-refractivity contribution in [2.24, 2.45) is 0 Å². The number of thioether (sulfide) groups is 1. The van der Waals surface area contributed by atoms with Gasteiger partial charge in [-0.2, -0.15) is 11.8 Å². The van der Waals surface area contributed by atoms with E-state index in [9.17, 15) is 9.59 Å². The fraction of sp³-hybridized carbons (Fsp3) is 0.800. The average molecular weight is 247 g/mol. The second kappa shape index (κ2) is 6.10. The topological polar surface area (TPSA) is 75.6 Å². The number of rotatable bonds is 6. The number of carboxylic acid groups (broad SMARTS) is 1. The zero-order valence-electron chi connectivity index (χ0n) is 9.32. The third-order valence-electron chi connectivity index (χ3n) is 2.39. The van der Waals surface area contributed by atoms with Gasteiger partial charge in [0.05, 0.1) is 0 Å². The molecule has 1 fully saturated rings. The van der Waals surface area contributed by atoms with Gasteiger partial charge in [0.1, 0.15) is 12.1 Å². The molecule has 0 bridgehead atoms. The summed E-state index contributed by atoms with van der Waals surface area (Å²) >= 11 is 1.54. The minimum atomic E-state index is -1.09. The predicted molar refractivity (Wildman–Crippen MR) is 61.6 cm³/mol. The van der Waals surface area contributed by atoms with E-state index in [0.29, 0.717) is 18.8 Å². The van der Waals surface area contributed by atoms with Crippen LogP contribution in [0, 0.1) is 0 Å². The lowest BCUT2D eigenvalue weighted by Crippen LogP contribution is -2.55. The zero-order chi connectivity index (χ0) is 12.0. The first-order valence-electron chi connectivity index (χ1n) is 5.30. The van der Waals surface area contributed by atoms with Crippen molar-refractivity contribution in [1.82, 2.24) is 5.32 Å². The van der Waals surface area contributed by atoms with Crippen molar-refractivity contribution in [3.8, 4) is 0 Å². The van der Waals surface area contributed by atoms with Crippen LogP contribution in [0.15, 0.2) is 0 Å². The van der Waals surface area contributed by atoms with Gasteiger partial charge >= 0.3 is 5.97 Å². The number of carbonyl (C=O) groups excluding carboxylic acids is 1. The van der Waals surface area contributed by atoms with Crippen molar-refractivity contribution in [3.63, 3.8) is 0 Å². The summed E-state index contributed by atoms with van der Waals surface area (Å²) in [5.41, 5.74) is -1.09. The molecule has 1 atom stereocenters. The normalized spacial score (nSPS) is 24.3. The number of carboxylic acids is 1. The summed E-state index contributed by atoms with van der Waals surface area (Å²) in [6.45, 7) is 2.40. The molecule has 0 aromatic carbocycles. The van der Waals surface area contributed by atoms with Gasteiger partial charge in [0.2, 0.25) is 5.91 Å². The van der Waals surface area contributed by atoms with E-state index in [0.717, 1.165) is 12.2 Å². The van der Waals surface area contributed by atoms with Crippen LogP contribution in [0.1, 0.15) is 19.8 Å². The van der Waals surface area contributed by atoms with Gasteiger partial charge in [0, 0.05) is 12.4 Å². The van der Waals surface area contributed by atoms with E-state index in [1.165, 1.54) is 0 Å². The molecule has 92 valence electrons. The Kier molecular flexibility index (Phi) is 5.08. The van der Waals surface area contributed by atoms with Crippen LogP contribution in [0.3, 0.4) is 0 Å². The van der Waals surface area contributed by atoms with Gasteiger partial charge < -0.3 is 15.2 Å². The number of ether oxygens (including phenoxy) is 1. The Morgan fingerprint density at radius 3 is 2.81 bits per heavy atom. The fourth-order valence-corrected chi connectivity index (χ4v) is 2.82. The van der Waals surface area contributed by atoms with E-state index in [4.69, 9.17) is 9.84 Å². The number of aliphatic carboxylic acids is 1. The molecule has 1 aliphatic heterocycles. The Hall–Kier alpha value is -0.750. The molecule has 0 saturated carbocycles. The van der Waals surface area contributed by atoms with Crippen LogP contribution >= 0.6 is 11.8 Å². The number of hydrogen-bond acceptors (Lipinski definition) is 4. The van der Waals surface area contributed by atoms with Gasteiger partial charge in [-0.15, -0.1) is 0 Å². The van der Waals surface area contributed by atoms with E-state index < -0.39 is 11.5 Å². The van der Waals surface area contributed by atoms with Gasteiger partial charge in [-0.05, 0) is 18.6 Å². The summed E-state index contributed by atoms with van der Waals surface area (Å²) in [5, 5.41) is 11.7. The van der Waals surface area contributed by atoms with Gasteiger partial charge in [0.25, 0.3) is 0 Å². The van der Waals surface area contributed by atoms with E-state index >= 15 is 0 Å². The maximum Gasteiger partial charge on any atom is 0.330 e. The molecular weight excluding hydrogens is 230 g/mol. The van der Waals surface area contributed by atoms with Gasteiger partial charge in [-0.25, -0.2) is 4.79 Å². The van der Waals surface area contributed by atoms with Crippen molar-refractivity contribution in [3.05, 3.63) is 0 Å². The second-order valence-electron chi connectivity index (χ2n) is 3.79. The summed E-state index contributed by atoms with van der Waals surface area (Å²) < 4.78 is 5.07. The summed E-state index contributed by atoms with van der Waals surface area (Å²) in [4.78, 5) is 22.6. The van der Waals surface area contributed by atoms with E-state index in [1.807, 2.05) is 6.92 Å². The van der Waals surface area contributed by atoms with Gasteiger partial charge in [0.15, 0.2) is 0 Å². The molecular formula is C10H17NO4S. The predicted octanol–water partition coefficient (Wildman–Crippen LogP) is 0.489. The van der Waals surface area contributed by atoms with Crippen LogP contribution in [0.5, 0.6) is 0 Å². The molecule has 2 N–H and O–H groups in total. The molecule has 1 rings (SSSR count). The van der Waals surface area contributed by atoms with Crippen molar-refractivity contribution in [2.45, 2.75) is 25.3 Å². The lowest BCUT2D eigenvalue weighted by atomic mass is 9.99. The Balaban J connectivity index is 2.43. The third kappa shape index (κ3) is 3.38. The number of hydrogen-bond donors (Lipinski definition) is 2. The minimum Gasteiger partial charge on any atom is -0.479 e. The standard InChI is InChI=1S/C10H17NO4S/c1-2-4-15-6-8(12)11-10(9(13)14)3-5-16-7-10/h2-7H2,1H3,(H,11,12)(H,13,14). The molecule has 1 heterocycles. The molecule has 0 spiro atoms. The zero-order valence-corrected chi connectivity index (χ0v) is 10.1. The second-order valence-corrected chi connectivity index (χ2v) is 4.90. The molecule has 16 heavy (non-hydrogen) atoms.